The molecule has 0 spiro atoms. The van der Waals surface area contributed by atoms with E-state index in [9.17, 15) is 14.0 Å². The molecule has 0 fully saturated rings. The van der Waals surface area contributed by atoms with Crippen LogP contribution >= 0.6 is 23.2 Å². The first-order chi connectivity index (χ1) is 12.8. The molecule has 0 saturated carbocycles. The van der Waals surface area contributed by atoms with Crippen molar-refractivity contribution >= 4 is 41.0 Å². The fraction of sp³-hybridized carbons (Fsp3) is 0.235. The van der Waals surface area contributed by atoms with Crippen LogP contribution in [0.4, 0.5) is 14.9 Å². The van der Waals surface area contributed by atoms with Gasteiger partial charge in [-0.05, 0) is 25.1 Å². The van der Waals surface area contributed by atoms with Crippen LogP contribution < -0.4 is 14.8 Å². The molecule has 2 rings (SSSR count). The fourth-order valence-electron chi connectivity index (χ4n) is 2.12. The molecule has 144 valence electrons. The van der Waals surface area contributed by atoms with Gasteiger partial charge in [-0.2, -0.15) is 0 Å². The average molecular weight is 417 g/mol. The number of methoxy groups -OCH3 is 1. The van der Waals surface area contributed by atoms with Crippen LogP contribution in [-0.4, -0.2) is 30.8 Å². The second-order valence-corrected chi connectivity index (χ2v) is 5.87. The summed E-state index contributed by atoms with van der Waals surface area (Å²) >= 11 is 12.1. The third kappa shape index (κ3) is 4.78. The van der Waals surface area contributed by atoms with Crippen molar-refractivity contribution in [2.45, 2.75) is 13.8 Å². The van der Waals surface area contributed by atoms with Crippen LogP contribution in [0.25, 0.3) is 11.3 Å². The van der Waals surface area contributed by atoms with Gasteiger partial charge in [-0.1, -0.05) is 23.2 Å². The van der Waals surface area contributed by atoms with Crippen LogP contribution in [0.3, 0.4) is 0 Å². The van der Waals surface area contributed by atoms with Crippen LogP contribution in [0.1, 0.15) is 13.8 Å². The SMILES string of the molecule is CCOc1c(Cl)ccc(-c2cc(NC(C)=O)c(Cl)c(OC(=O)OC)n2)c1F. The summed E-state index contributed by atoms with van der Waals surface area (Å²) in [5.74, 6) is -1.72. The minimum Gasteiger partial charge on any atom is -0.489 e. The molecule has 2 aromatic rings. The molecule has 0 atom stereocenters. The quantitative estimate of drug-likeness (QED) is 0.710. The van der Waals surface area contributed by atoms with Gasteiger partial charge in [-0.15, -0.1) is 0 Å². The number of pyridine rings is 1. The Morgan fingerprint density at radius 1 is 1.30 bits per heavy atom. The van der Waals surface area contributed by atoms with Crippen LogP contribution in [0.15, 0.2) is 18.2 Å². The van der Waals surface area contributed by atoms with Gasteiger partial charge in [0.05, 0.1) is 30.1 Å². The number of nitrogens with one attached hydrogen (secondary N) is 1. The van der Waals surface area contributed by atoms with Gasteiger partial charge in [0.2, 0.25) is 11.8 Å². The van der Waals surface area contributed by atoms with E-state index in [0.29, 0.717) is 0 Å². The van der Waals surface area contributed by atoms with Crippen molar-refractivity contribution in [1.82, 2.24) is 4.98 Å². The Bertz CT molecular complexity index is 892. The first-order valence-electron chi connectivity index (χ1n) is 7.63. The number of halogens is 3. The van der Waals surface area contributed by atoms with Gasteiger partial charge in [0.25, 0.3) is 0 Å². The second kappa shape index (κ2) is 8.88. The molecule has 1 N–H and O–H groups in total. The number of nitrogens with zero attached hydrogens (tertiary/aromatic N) is 1. The molecule has 1 aromatic carbocycles. The van der Waals surface area contributed by atoms with E-state index in [4.69, 9.17) is 32.7 Å². The Hall–Kier alpha value is -2.58. The molecule has 1 amide bonds. The highest BCUT2D eigenvalue weighted by atomic mass is 35.5. The fourth-order valence-corrected chi connectivity index (χ4v) is 2.50. The number of benzene rings is 1. The molecule has 0 unspecified atom stereocenters. The summed E-state index contributed by atoms with van der Waals surface area (Å²) in [6.07, 6.45) is -1.08. The number of carbonyl (C=O) groups excluding carboxylic acids is 2. The molecule has 10 heteroatoms. The van der Waals surface area contributed by atoms with E-state index in [-0.39, 0.29) is 45.2 Å². The van der Waals surface area contributed by atoms with Gasteiger partial charge in [0, 0.05) is 12.5 Å². The number of hydrogen-bond donors (Lipinski definition) is 1. The Labute approximate surface area is 164 Å². The third-order valence-electron chi connectivity index (χ3n) is 3.20. The molecule has 0 radical (unpaired) electrons. The maximum absolute atomic E-state index is 14.9. The number of hydrogen-bond acceptors (Lipinski definition) is 6. The topological polar surface area (TPSA) is 86.8 Å². The minimum absolute atomic E-state index is 0.000773. The second-order valence-electron chi connectivity index (χ2n) is 5.08. The van der Waals surface area contributed by atoms with Crippen molar-refractivity contribution in [2.75, 3.05) is 19.0 Å². The number of carbonyl (C=O) groups is 2. The van der Waals surface area contributed by atoms with E-state index in [1.165, 1.54) is 25.1 Å². The monoisotopic (exact) mass is 416 g/mol. The van der Waals surface area contributed by atoms with Gasteiger partial charge in [-0.25, -0.2) is 14.2 Å². The van der Waals surface area contributed by atoms with Crippen molar-refractivity contribution in [3.8, 4) is 22.9 Å². The molecule has 27 heavy (non-hydrogen) atoms. The minimum atomic E-state index is -1.08. The van der Waals surface area contributed by atoms with Gasteiger partial charge < -0.3 is 19.5 Å². The maximum Gasteiger partial charge on any atom is 0.514 e. The number of rotatable bonds is 5. The predicted molar refractivity (Wildman–Crippen MR) is 98.2 cm³/mol. The summed E-state index contributed by atoms with van der Waals surface area (Å²) in [6, 6.07) is 4.13. The van der Waals surface area contributed by atoms with E-state index in [2.05, 4.69) is 15.0 Å². The summed E-state index contributed by atoms with van der Waals surface area (Å²) in [6.45, 7) is 3.13. The molecule has 1 aromatic heterocycles. The molecular weight excluding hydrogens is 402 g/mol. The van der Waals surface area contributed by atoms with Crippen molar-refractivity contribution in [1.29, 1.82) is 0 Å². The number of aromatic nitrogens is 1. The van der Waals surface area contributed by atoms with Crippen LogP contribution in [0.5, 0.6) is 11.6 Å². The predicted octanol–water partition coefficient (Wildman–Crippen LogP) is 4.70. The zero-order chi connectivity index (χ0) is 20.1. The summed E-state index contributed by atoms with van der Waals surface area (Å²) in [4.78, 5) is 26.9. The van der Waals surface area contributed by atoms with Gasteiger partial charge >= 0.3 is 6.16 Å². The van der Waals surface area contributed by atoms with E-state index in [1.54, 1.807) is 6.92 Å². The van der Waals surface area contributed by atoms with Gasteiger partial charge in [0.1, 0.15) is 5.02 Å². The molecule has 0 aliphatic rings. The van der Waals surface area contributed by atoms with E-state index < -0.39 is 17.9 Å². The molecule has 0 aliphatic carbocycles. The standard InChI is InChI=1S/C17H15Cl2FN2O5/c1-4-26-15-10(18)6-5-9(14(15)20)11-7-12(21-8(2)23)13(19)16(22-11)27-17(24)25-3/h5-7H,4H2,1-3H3,(H,21,22,23). The van der Waals surface area contributed by atoms with Crippen LogP contribution in [0, 0.1) is 5.82 Å². The van der Waals surface area contributed by atoms with Crippen molar-refractivity contribution in [3.05, 3.63) is 34.1 Å². The lowest BCUT2D eigenvalue weighted by atomic mass is 10.1. The highest BCUT2D eigenvalue weighted by Gasteiger charge is 2.21. The first kappa shape index (κ1) is 20.7. The Morgan fingerprint density at radius 3 is 2.59 bits per heavy atom. The Morgan fingerprint density at radius 2 is 2.00 bits per heavy atom. The van der Waals surface area contributed by atoms with Gasteiger partial charge in [-0.3, -0.25) is 4.79 Å². The lowest BCUT2D eigenvalue weighted by Gasteiger charge is -2.14. The van der Waals surface area contributed by atoms with E-state index >= 15 is 0 Å². The van der Waals surface area contributed by atoms with E-state index in [1.807, 2.05) is 0 Å². The molecule has 0 bridgehead atoms. The largest absolute Gasteiger partial charge is 0.514 e. The van der Waals surface area contributed by atoms with Gasteiger partial charge in [0.15, 0.2) is 11.6 Å². The van der Waals surface area contributed by atoms with E-state index in [0.717, 1.165) is 7.11 Å². The first-order valence-corrected chi connectivity index (χ1v) is 8.39. The zero-order valence-electron chi connectivity index (χ0n) is 14.6. The normalized spacial score (nSPS) is 10.3. The smallest absolute Gasteiger partial charge is 0.489 e. The van der Waals surface area contributed by atoms with Crippen LogP contribution in [0.2, 0.25) is 10.0 Å². The number of anilines is 1. The molecular formula is C17H15Cl2FN2O5. The average Bonchev–Trinajstić information content (AvgIpc) is 2.61. The molecule has 0 saturated heterocycles. The summed E-state index contributed by atoms with van der Waals surface area (Å²) in [5.41, 5.74) is 0.0957. The van der Waals surface area contributed by atoms with Crippen molar-refractivity contribution in [3.63, 3.8) is 0 Å². The number of amides is 1. The number of ether oxygens (including phenoxy) is 3. The molecule has 7 nitrogen and oxygen atoms in total. The summed E-state index contributed by atoms with van der Waals surface area (Å²) in [7, 11) is 1.10. The lowest BCUT2D eigenvalue weighted by Crippen LogP contribution is -2.12. The highest BCUT2D eigenvalue weighted by molar-refractivity contribution is 6.35. The Kier molecular flexibility index (Phi) is 6.81. The molecule has 1 heterocycles. The maximum atomic E-state index is 14.9. The van der Waals surface area contributed by atoms with Crippen molar-refractivity contribution in [2.24, 2.45) is 0 Å². The van der Waals surface area contributed by atoms with Crippen LogP contribution in [-0.2, 0) is 9.53 Å². The lowest BCUT2D eigenvalue weighted by molar-refractivity contribution is -0.114. The summed E-state index contributed by atoms with van der Waals surface area (Å²) < 4.78 is 29.4. The molecule has 0 aliphatic heterocycles. The van der Waals surface area contributed by atoms with Crippen molar-refractivity contribution < 1.29 is 28.2 Å². The zero-order valence-corrected chi connectivity index (χ0v) is 16.1. The Balaban J connectivity index is 2.65. The third-order valence-corrected chi connectivity index (χ3v) is 3.86. The summed E-state index contributed by atoms with van der Waals surface area (Å²) in [5, 5.41) is 2.39. The highest BCUT2D eigenvalue weighted by Crippen LogP contribution is 2.39.